The van der Waals surface area contributed by atoms with Crippen LogP contribution in [0.4, 0.5) is 0 Å². The third-order valence-corrected chi connectivity index (χ3v) is 1.10. The highest BCUT2D eigenvalue weighted by Gasteiger charge is 1.79. The quantitative estimate of drug-likeness (QED) is 0.351. The maximum atomic E-state index is 5.58. The third-order valence-electron chi connectivity index (χ3n) is 0.793. The van der Waals surface area contributed by atoms with Crippen molar-refractivity contribution in [2.45, 2.75) is 6.42 Å². The molecule has 0 saturated heterocycles. The first-order valence-electron chi connectivity index (χ1n) is 2.84. The summed E-state index contributed by atoms with van der Waals surface area (Å²) in [5.41, 5.74) is 0. The fourth-order valence-corrected chi connectivity index (χ4v) is 0.455. The smallest absolute Gasteiger partial charge is 0.106 e. The Kier molecular flexibility index (Phi) is 5.88. The van der Waals surface area contributed by atoms with Gasteiger partial charge in [0.25, 0.3) is 0 Å². The highest BCUT2D eigenvalue weighted by Crippen LogP contribution is 2.01. The summed E-state index contributed by atoms with van der Waals surface area (Å²) in [6.07, 6.45) is 5.64. The number of allylic oxidation sites excluding steroid dienone is 3. The van der Waals surface area contributed by atoms with Crippen LogP contribution in [0.15, 0.2) is 28.9 Å². The molecule has 56 valence electrons. The van der Waals surface area contributed by atoms with Gasteiger partial charge in [-0.1, -0.05) is 35.5 Å². The SMILES string of the molecule is C=CC(Cl)=CCC=NOC. The maximum absolute atomic E-state index is 5.58. The van der Waals surface area contributed by atoms with Gasteiger partial charge in [0.15, 0.2) is 0 Å². The van der Waals surface area contributed by atoms with Gasteiger partial charge < -0.3 is 4.84 Å². The summed E-state index contributed by atoms with van der Waals surface area (Å²) in [5.74, 6) is 0. The molecule has 0 heterocycles. The zero-order chi connectivity index (χ0) is 7.82. The summed E-state index contributed by atoms with van der Waals surface area (Å²) in [5, 5.41) is 4.14. The zero-order valence-electron chi connectivity index (χ0n) is 5.88. The molecule has 0 aliphatic heterocycles. The van der Waals surface area contributed by atoms with E-state index in [0.29, 0.717) is 11.5 Å². The van der Waals surface area contributed by atoms with Crippen molar-refractivity contribution in [3.8, 4) is 0 Å². The normalized spacial score (nSPS) is 12.0. The fraction of sp³-hybridized carbons (Fsp3) is 0.286. The van der Waals surface area contributed by atoms with E-state index in [1.807, 2.05) is 0 Å². The van der Waals surface area contributed by atoms with Gasteiger partial charge in [-0.2, -0.15) is 0 Å². The van der Waals surface area contributed by atoms with Crippen LogP contribution in [-0.2, 0) is 4.84 Å². The molecule has 0 unspecified atom stereocenters. The number of nitrogens with zero attached hydrogens (tertiary/aromatic N) is 1. The zero-order valence-corrected chi connectivity index (χ0v) is 6.64. The fourth-order valence-electron chi connectivity index (χ4n) is 0.366. The molecule has 0 atom stereocenters. The van der Waals surface area contributed by atoms with Crippen LogP contribution in [0, 0.1) is 0 Å². The molecule has 2 nitrogen and oxygen atoms in total. The van der Waals surface area contributed by atoms with Crippen LogP contribution in [0.25, 0.3) is 0 Å². The van der Waals surface area contributed by atoms with Crippen LogP contribution < -0.4 is 0 Å². The third kappa shape index (κ3) is 5.38. The maximum Gasteiger partial charge on any atom is 0.106 e. The van der Waals surface area contributed by atoms with Crippen molar-refractivity contribution >= 4 is 17.8 Å². The number of hydrogen-bond acceptors (Lipinski definition) is 2. The minimum Gasteiger partial charge on any atom is -0.399 e. The molecule has 0 rings (SSSR count). The van der Waals surface area contributed by atoms with Gasteiger partial charge in [0.2, 0.25) is 0 Å². The molecule has 0 aliphatic rings. The van der Waals surface area contributed by atoms with Gasteiger partial charge in [-0.15, -0.1) is 0 Å². The molecular weight excluding hydrogens is 150 g/mol. The monoisotopic (exact) mass is 159 g/mol. The molecule has 3 heteroatoms. The van der Waals surface area contributed by atoms with E-state index in [2.05, 4.69) is 16.6 Å². The minimum absolute atomic E-state index is 0.627. The highest BCUT2D eigenvalue weighted by atomic mass is 35.5. The first-order valence-corrected chi connectivity index (χ1v) is 3.22. The van der Waals surface area contributed by atoms with Gasteiger partial charge in [-0.3, -0.25) is 0 Å². The molecule has 10 heavy (non-hydrogen) atoms. The van der Waals surface area contributed by atoms with Crippen LogP contribution in [0.1, 0.15) is 6.42 Å². The van der Waals surface area contributed by atoms with Crippen molar-refractivity contribution in [1.29, 1.82) is 0 Å². The lowest BCUT2D eigenvalue weighted by atomic mass is 10.4. The van der Waals surface area contributed by atoms with Crippen LogP contribution >= 0.6 is 11.6 Å². The molecule has 0 aromatic rings. The van der Waals surface area contributed by atoms with Crippen LogP contribution in [0.3, 0.4) is 0 Å². The van der Waals surface area contributed by atoms with Crippen molar-refractivity contribution in [1.82, 2.24) is 0 Å². The topological polar surface area (TPSA) is 21.6 Å². The highest BCUT2D eigenvalue weighted by molar-refractivity contribution is 6.31. The predicted molar refractivity (Wildman–Crippen MR) is 44.3 cm³/mol. The van der Waals surface area contributed by atoms with Crippen molar-refractivity contribution < 1.29 is 4.84 Å². The lowest BCUT2D eigenvalue weighted by molar-refractivity contribution is 0.215. The molecule has 0 spiro atoms. The first kappa shape index (κ1) is 9.24. The molecule has 0 bridgehead atoms. The average Bonchev–Trinajstić information content (AvgIpc) is 1.98. The van der Waals surface area contributed by atoms with Gasteiger partial charge in [0, 0.05) is 17.7 Å². The van der Waals surface area contributed by atoms with Gasteiger partial charge >= 0.3 is 0 Å². The molecule has 0 radical (unpaired) electrons. The Bertz CT molecular complexity index is 152. The van der Waals surface area contributed by atoms with Gasteiger partial charge in [0.1, 0.15) is 7.11 Å². The Labute approximate surface area is 65.8 Å². The Morgan fingerprint density at radius 3 is 3.00 bits per heavy atom. The Balaban J connectivity index is 3.52. The summed E-state index contributed by atoms with van der Waals surface area (Å²) in [6, 6.07) is 0. The molecule has 0 aliphatic carbocycles. The van der Waals surface area contributed by atoms with E-state index in [9.17, 15) is 0 Å². The van der Waals surface area contributed by atoms with Crippen molar-refractivity contribution in [2.75, 3.05) is 7.11 Å². The first-order chi connectivity index (χ1) is 4.81. The molecule has 0 aromatic carbocycles. The van der Waals surface area contributed by atoms with Crippen molar-refractivity contribution in [2.24, 2.45) is 5.16 Å². The van der Waals surface area contributed by atoms with Crippen LogP contribution in [-0.4, -0.2) is 13.3 Å². The van der Waals surface area contributed by atoms with E-state index in [0.717, 1.165) is 0 Å². The van der Waals surface area contributed by atoms with Crippen LogP contribution in [0.5, 0.6) is 0 Å². The number of oxime groups is 1. The lowest BCUT2D eigenvalue weighted by Crippen LogP contribution is -1.73. The summed E-state index contributed by atoms with van der Waals surface area (Å²) in [4.78, 5) is 4.43. The largest absolute Gasteiger partial charge is 0.399 e. The van der Waals surface area contributed by atoms with E-state index in [1.165, 1.54) is 7.11 Å². The summed E-state index contributed by atoms with van der Waals surface area (Å²) in [7, 11) is 1.50. The second-order valence-corrected chi connectivity index (χ2v) is 1.94. The summed E-state index contributed by atoms with van der Waals surface area (Å²) < 4.78 is 0. The minimum atomic E-state index is 0.627. The number of hydrogen-bond donors (Lipinski definition) is 0. The molecule has 0 amide bonds. The molecule has 0 fully saturated rings. The Hall–Kier alpha value is -0.760. The van der Waals surface area contributed by atoms with Crippen molar-refractivity contribution in [3.05, 3.63) is 23.8 Å². The second kappa shape index (κ2) is 6.36. The van der Waals surface area contributed by atoms with E-state index in [1.54, 1.807) is 18.4 Å². The predicted octanol–water partition coefficient (Wildman–Crippen LogP) is 2.32. The standard InChI is InChI=1S/C7H10ClNO/c1-3-7(8)5-4-6-9-10-2/h3,5-6H,1,4H2,2H3. The van der Waals surface area contributed by atoms with E-state index >= 15 is 0 Å². The van der Waals surface area contributed by atoms with Crippen molar-refractivity contribution in [3.63, 3.8) is 0 Å². The number of halogens is 1. The van der Waals surface area contributed by atoms with E-state index in [-0.39, 0.29) is 0 Å². The molecule has 0 aromatic heterocycles. The molecule has 0 saturated carbocycles. The molecular formula is C7H10ClNO. The molecule has 0 N–H and O–H groups in total. The number of rotatable bonds is 4. The Morgan fingerprint density at radius 2 is 2.50 bits per heavy atom. The lowest BCUT2D eigenvalue weighted by Gasteiger charge is -1.84. The second-order valence-electron chi connectivity index (χ2n) is 1.50. The average molecular weight is 160 g/mol. The van der Waals surface area contributed by atoms with Gasteiger partial charge in [-0.25, -0.2) is 0 Å². The van der Waals surface area contributed by atoms with E-state index in [4.69, 9.17) is 11.6 Å². The summed E-state index contributed by atoms with van der Waals surface area (Å²) >= 11 is 5.58. The van der Waals surface area contributed by atoms with Crippen LogP contribution in [0.2, 0.25) is 0 Å². The van der Waals surface area contributed by atoms with Gasteiger partial charge in [0.05, 0.1) is 0 Å². The Morgan fingerprint density at radius 1 is 1.80 bits per heavy atom. The van der Waals surface area contributed by atoms with Gasteiger partial charge in [-0.05, 0) is 0 Å². The summed E-state index contributed by atoms with van der Waals surface area (Å²) in [6.45, 7) is 3.48. The van der Waals surface area contributed by atoms with E-state index < -0.39 is 0 Å².